The summed E-state index contributed by atoms with van der Waals surface area (Å²) in [4.78, 5) is 24.8. The molecule has 0 radical (unpaired) electrons. The van der Waals surface area contributed by atoms with Crippen molar-refractivity contribution in [3.8, 4) is 5.69 Å². The first-order chi connectivity index (χ1) is 14.1. The van der Waals surface area contributed by atoms with E-state index in [4.69, 9.17) is 0 Å². The van der Waals surface area contributed by atoms with E-state index in [1.807, 2.05) is 6.07 Å². The summed E-state index contributed by atoms with van der Waals surface area (Å²) in [7, 11) is 0. The van der Waals surface area contributed by atoms with Crippen molar-refractivity contribution in [2.45, 2.75) is 37.6 Å². The monoisotopic (exact) mass is 391 g/mol. The molecule has 1 heterocycles. The molecule has 0 bridgehead atoms. The van der Waals surface area contributed by atoms with Gasteiger partial charge in [-0.15, -0.1) is 0 Å². The molecule has 3 aromatic rings. The Hall–Kier alpha value is -3.28. The van der Waals surface area contributed by atoms with Gasteiger partial charge in [0.1, 0.15) is 11.5 Å². The molecule has 0 atom stereocenters. The number of carbonyl (C=O) groups excluding carboxylic acids is 1. The van der Waals surface area contributed by atoms with Crippen LogP contribution in [0.15, 0.2) is 71.5 Å². The molecule has 2 aromatic carbocycles. The Balaban J connectivity index is 1.42. The second-order valence-corrected chi connectivity index (χ2v) is 7.38. The summed E-state index contributed by atoms with van der Waals surface area (Å²) in [6.45, 7) is 0. The Morgan fingerprint density at radius 3 is 2.31 bits per heavy atom. The van der Waals surface area contributed by atoms with E-state index < -0.39 is 5.82 Å². The Labute approximate surface area is 168 Å². The standard InChI is InChI=1S/C23H22FN3O2/c24-18-8-12-20(13-9-18)27-22(28)15-14-21(26-27)23(29)25-19-10-6-17(7-11-19)16-4-2-1-3-5-16/h1-5,8-9,12-15,17,19H,6-7,10-11H2,(H,25,29). The molecule has 1 fully saturated rings. The van der Waals surface area contributed by atoms with Crippen molar-refractivity contribution in [1.82, 2.24) is 15.1 Å². The molecule has 148 valence electrons. The lowest BCUT2D eigenvalue weighted by molar-refractivity contribution is 0.0919. The number of carbonyl (C=O) groups is 1. The van der Waals surface area contributed by atoms with Crippen LogP contribution in [0.1, 0.15) is 47.7 Å². The minimum atomic E-state index is -0.401. The molecule has 1 N–H and O–H groups in total. The zero-order valence-electron chi connectivity index (χ0n) is 15.9. The Bertz CT molecular complexity index is 1040. The normalized spacial score (nSPS) is 18.9. The molecular formula is C23H22FN3O2. The number of halogens is 1. The van der Waals surface area contributed by atoms with Crippen LogP contribution in [-0.2, 0) is 0 Å². The van der Waals surface area contributed by atoms with Crippen LogP contribution in [0.3, 0.4) is 0 Å². The summed E-state index contributed by atoms with van der Waals surface area (Å²) < 4.78 is 14.2. The van der Waals surface area contributed by atoms with E-state index >= 15 is 0 Å². The van der Waals surface area contributed by atoms with Crippen molar-refractivity contribution in [3.05, 3.63) is 94.2 Å². The average Bonchev–Trinajstić information content (AvgIpc) is 2.76. The number of rotatable bonds is 4. The van der Waals surface area contributed by atoms with Crippen LogP contribution in [0.4, 0.5) is 4.39 Å². The van der Waals surface area contributed by atoms with Gasteiger partial charge >= 0.3 is 0 Å². The first kappa shape index (κ1) is 19.1. The highest BCUT2D eigenvalue weighted by atomic mass is 19.1. The van der Waals surface area contributed by atoms with Gasteiger partial charge in [-0.25, -0.2) is 4.39 Å². The third-order valence-corrected chi connectivity index (χ3v) is 5.44. The van der Waals surface area contributed by atoms with Gasteiger partial charge in [0.15, 0.2) is 0 Å². The molecule has 0 unspecified atom stereocenters. The van der Waals surface area contributed by atoms with Crippen molar-refractivity contribution in [1.29, 1.82) is 0 Å². The Kier molecular flexibility index (Phi) is 5.51. The van der Waals surface area contributed by atoms with Gasteiger partial charge in [0.2, 0.25) is 0 Å². The fourth-order valence-corrected chi connectivity index (χ4v) is 3.86. The minimum Gasteiger partial charge on any atom is -0.348 e. The number of aromatic nitrogens is 2. The smallest absolute Gasteiger partial charge is 0.271 e. The number of hydrogen-bond acceptors (Lipinski definition) is 3. The predicted octanol–water partition coefficient (Wildman–Crippen LogP) is 3.83. The van der Waals surface area contributed by atoms with Crippen molar-refractivity contribution < 1.29 is 9.18 Å². The van der Waals surface area contributed by atoms with Crippen LogP contribution in [0.25, 0.3) is 5.69 Å². The summed E-state index contributed by atoms with van der Waals surface area (Å²) in [6.07, 6.45) is 3.86. The van der Waals surface area contributed by atoms with E-state index in [9.17, 15) is 14.0 Å². The van der Waals surface area contributed by atoms with Gasteiger partial charge in [-0.2, -0.15) is 9.78 Å². The van der Waals surface area contributed by atoms with Gasteiger partial charge in [-0.1, -0.05) is 30.3 Å². The molecular weight excluding hydrogens is 369 g/mol. The van der Waals surface area contributed by atoms with Crippen molar-refractivity contribution in [2.75, 3.05) is 0 Å². The first-order valence-corrected chi connectivity index (χ1v) is 9.82. The lowest BCUT2D eigenvalue weighted by atomic mass is 9.82. The molecule has 1 aromatic heterocycles. The van der Waals surface area contributed by atoms with Crippen LogP contribution in [0.5, 0.6) is 0 Å². The van der Waals surface area contributed by atoms with Gasteiger partial charge in [0.05, 0.1) is 5.69 Å². The molecule has 1 amide bonds. The van der Waals surface area contributed by atoms with Crippen LogP contribution >= 0.6 is 0 Å². The van der Waals surface area contributed by atoms with E-state index in [0.29, 0.717) is 11.6 Å². The van der Waals surface area contributed by atoms with Crippen LogP contribution in [0.2, 0.25) is 0 Å². The topological polar surface area (TPSA) is 64.0 Å². The maximum absolute atomic E-state index is 13.1. The van der Waals surface area contributed by atoms with E-state index in [1.54, 1.807) is 0 Å². The van der Waals surface area contributed by atoms with Crippen LogP contribution < -0.4 is 10.9 Å². The molecule has 1 saturated carbocycles. The molecule has 1 aliphatic carbocycles. The van der Waals surface area contributed by atoms with E-state index in [-0.39, 0.29) is 23.2 Å². The Morgan fingerprint density at radius 2 is 1.62 bits per heavy atom. The summed E-state index contributed by atoms with van der Waals surface area (Å²) >= 11 is 0. The van der Waals surface area contributed by atoms with Gasteiger partial charge in [0.25, 0.3) is 11.5 Å². The molecule has 5 nitrogen and oxygen atoms in total. The first-order valence-electron chi connectivity index (χ1n) is 9.82. The van der Waals surface area contributed by atoms with Gasteiger partial charge < -0.3 is 5.32 Å². The third-order valence-electron chi connectivity index (χ3n) is 5.44. The SMILES string of the molecule is O=C(NC1CCC(c2ccccc2)CC1)c1ccc(=O)n(-c2ccc(F)cc2)n1. The summed E-state index contributed by atoms with van der Waals surface area (Å²) in [5.74, 6) is -0.173. The fraction of sp³-hybridized carbons (Fsp3) is 0.261. The number of nitrogens with zero attached hydrogens (tertiary/aromatic N) is 2. The molecule has 0 spiro atoms. The second kappa shape index (κ2) is 8.39. The maximum atomic E-state index is 13.1. The highest BCUT2D eigenvalue weighted by molar-refractivity contribution is 5.92. The number of nitrogens with one attached hydrogen (secondary N) is 1. The van der Waals surface area contributed by atoms with Gasteiger partial charge in [-0.05, 0) is 67.5 Å². The molecule has 4 rings (SSSR count). The van der Waals surface area contributed by atoms with Crippen LogP contribution in [-0.4, -0.2) is 21.7 Å². The molecule has 0 aliphatic heterocycles. The van der Waals surface area contributed by atoms with Crippen LogP contribution in [0, 0.1) is 5.82 Å². The summed E-state index contributed by atoms with van der Waals surface area (Å²) in [6, 6.07) is 18.7. The third kappa shape index (κ3) is 4.42. The minimum absolute atomic E-state index is 0.0930. The van der Waals surface area contributed by atoms with E-state index in [0.717, 1.165) is 30.4 Å². The number of hydrogen-bond donors (Lipinski definition) is 1. The summed E-state index contributed by atoms with van der Waals surface area (Å²) in [5.41, 5.74) is 1.55. The fourth-order valence-electron chi connectivity index (χ4n) is 3.86. The second-order valence-electron chi connectivity index (χ2n) is 7.38. The highest BCUT2D eigenvalue weighted by Gasteiger charge is 2.24. The van der Waals surface area contributed by atoms with Crippen molar-refractivity contribution in [2.24, 2.45) is 0 Å². The largest absolute Gasteiger partial charge is 0.348 e. The zero-order valence-corrected chi connectivity index (χ0v) is 15.9. The van der Waals surface area contributed by atoms with E-state index in [1.165, 1.54) is 42.0 Å². The molecule has 0 saturated heterocycles. The number of amides is 1. The average molecular weight is 391 g/mol. The quantitative estimate of drug-likeness (QED) is 0.735. The zero-order chi connectivity index (χ0) is 20.2. The van der Waals surface area contributed by atoms with Crippen molar-refractivity contribution >= 4 is 5.91 Å². The Morgan fingerprint density at radius 1 is 0.931 bits per heavy atom. The van der Waals surface area contributed by atoms with Gasteiger partial charge in [0, 0.05) is 12.1 Å². The maximum Gasteiger partial charge on any atom is 0.271 e. The molecule has 29 heavy (non-hydrogen) atoms. The van der Waals surface area contributed by atoms with Gasteiger partial charge in [-0.3, -0.25) is 9.59 Å². The summed E-state index contributed by atoms with van der Waals surface area (Å²) in [5, 5.41) is 7.21. The lowest BCUT2D eigenvalue weighted by Gasteiger charge is -2.29. The van der Waals surface area contributed by atoms with E-state index in [2.05, 4.69) is 34.7 Å². The molecule has 1 aliphatic rings. The highest BCUT2D eigenvalue weighted by Crippen LogP contribution is 2.32. The van der Waals surface area contributed by atoms with Crippen molar-refractivity contribution in [3.63, 3.8) is 0 Å². The molecule has 6 heteroatoms. The lowest BCUT2D eigenvalue weighted by Crippen LogP contribution is -2.38. The predicted molar refractivity (Wildman–Crippen MR) is 109 cm³/mol. The number of benzene rings is 2.